The third kappa shape index (κ3) is 5.67. The Bertz CT molecular complexity index is 379. The first-order valence-electron chi connectivity index (χ1n) is 6.34. The van der Waals surface area contributed by atoms with Crippen LogP contribution in [0.25, 0.3) is 0 Å². The van der Waals surface area contributed by atoms with E-state index < -0.39 is 0 Å². The fourth-order valence-electron chi connectivity index (χ4n) is 1.77. The van der Waals surface area contributed by atoms with Crippen molar-refractivity contribution in [2.75, 3.05) is 19.8 Å². The van der Waals surface area contributed by atoms with E-state index in [1.54, 1.807) is 0 Å². The van der Waals surface area contributed by atoms with Gasteiger partial charge in [-0.25, -0.2) is 0 Å². The minimum Gasteiger partial charge on any atom is -0.376 e. The third-order valence-electron chi connectivity index (χ3n) is 2.64. The summed E-state index contributed by atoms with van der Waals surface area (Å²) in [6.07, 6.45) is 1.03. The molecule has 0 spiro atoms. The largest absolute Gasteiger partial charge is 0.376 e. The molecule has 1 atom stereocenters. The summed E-state index contributed by atoms with van der Waals surface area (Å²) in [4.78, 5) is 0. The van der Waals surface area contributed by atoms with Crippen LogP contribution >= 0.6 is 11.6 Å². The normalized spacial score (nSPS) is 12.4. The molecule has 0 aromatic heterocycles. The first-order valence-corrected chi connectivity index (χ1v) is 6.72. The Labute approximate surface area is 115 Å². The van der Waals surface area contributed by atoms with Gasteiger partial charge in [0.15, 0.2) is 0 Å². The van der Waals surface area contributed by atoms with E-state index in [4.69, 9.17) is 16.3 Å². The van der Waals surface area contributed by atoms with Gasteiger partial charge in [0.05, 0.1) is 13.2 Å². The van der Waals surface area contributed by atoms with Crippen LogP contribution in [0.15, 0.2) is 36.4 Å². The van der Waals surface area contributed by atoms with Crippen molar-refractivity contribution in [2.24, 2.45) is 0 Å². The molecule has 3 heteroatoms. The Morgan fingerprint density at radius 1 is 1.50 bits per heavy atom. The number of hydrogen-bond donors (Lipinski definition) is 1. The van der Waals surface area contributed by atoms with E-state index in [9.17, 15) is 0 Å². The molecule has 0 aliphatic heterocycles. The van der Waals surface area contributed by atoms with Gasteiger partial charge in [0, 0.05) is 17.6 Å². The fraction of sp³-hybridized carbons (Fsp3) is 0.467. The smallest absolute Gasteiger partial charge is 0.0672 e. The molecule has 2 nitrogen and oxygen atoms in total. The van der Waals surface area contributed by atoms with Crippen molar-refractivity contribution in [2.45, 2.75) is 26.3 Å². The molecule has 0 amide bonds. The van der Waals surface area contributed by atoms with Crippen LogP contribution in [0.1, 0.15) is 31.9 Å². The van der Waals surface area contributed by atoms with Crippen molar-refractivity contribution in [3.05, 3.63) is 47.0 Å². The topological polar surface area (TPSA) is 21.3 Å². The van der Waals surface area contributed by atoms with Gasteiger partial charge in [0.1, 0.15) is 0 Å². The Morgan fingerprint density at radius 2 is 2.28 bits per heavy atom. The van der Waals surface area contributed by atoms with Gasteiger partial charge in [-0.3, -0.25) is 0 Å². The van der Waals surface area contributed by atoms with Gasteiger partial charge in [-0.1, -0.05) is 42.8 Å². The zero-order valence-electron chi connectivity index (χ0n) is 11.2. The van der Waals surface area contributed by atoms with E-state index in [1.165, 1.54) is 5.56 Å². The minimum absolute atomic E-state index is 0.331. The second-order valence-corrected chi connectivity index (χ2v) is 4.92. The SMILES string of the molecule is C=C(C)COCCNC(CC)c1cccc(Cl)c1. The number of nitrogens with one attached hydrogen (secondary N) is 1. The minimum atomic E-state index is 0.331. The van der Waals surface area contributed by atoms with Crippen molar-refractivity contribution >= 4 is 11.6 Å². The van der Waals surface area contributed by atoms with Crippen LogP contribution < -0.4 is 5.32 Å². The predicted molar refractivity (Wildman–Crippen MR) is 78.1 cm³/mol. The zero-order chi connectivity index (χ0) is 13.4. The maximum Gasteiger partial charge on any atom is 0.0672 e. The molecule has 1 N–H and O–H groups in total. The molecule has 0 aliphatic carbocycles. The summed E-state index contributed by atoms with van der Waals surface area (Å²) in [5.41, 5.74) is 2.28. The summed E-state index contributed by atoms with van der Waals surface area (Å²) in [5.74, 6) is 0. The maximum absolute atomic E-state index is 6.00. The molecule has 0 fully saturated rings. The van der Waals surface area contributed by atoms with E-state index in [0.717, 1.165) is 23.6 Å². The van der Waals surface area contributed by atoms with Crippen LogP contribution in [0.5, 0.6) is 0 Å². The molecule has 0 saturated heterocycles. The second-order valence-electron chi connectivity index (χ2n) is 4.48. The number of halogens is 1. The average Bonchev–Trinajstić information content (AvgIpc) is 2.33. The van der Waals surface area contributed by atoms with E-state index in [0.29, 0.717) is 19.3 Å². The fourth-order valence-corrected chi connectivity index (χ4v) is 1.97. The predicted octanol–water partition coefficient (Wildman–Crippen LogP) is 3.97. The van der Waals surface area contributed by atoms with Gasteiger partial charge in [-0.15, -0.1) is 0 Å². The summed E-state index contributed by atoms with van der Waals surface area (Å²) in [7, 11) is 0. The number of ether oxygens (including phenoxy) is 1. The van der Waals surface area contributed by atoms with Crippen molar-refractivity contribution < 1.29 is 4.74 Å². The molecule has 0 heterocycles. The molecule has 100 valence electrons. The van der Waals surface area contributed by atoms with E-state index in [2.05, 4.69) is 24.9 Å². The molecule has 18 heavy (non-hydrogen) atoms. The van der Waals surface area contributed by atoms with E-state index in [1.807, 2.05) is 25.1 Å². The van der Waals surface area contributed by atoms with Crippen molar-refractivity contribution in [1.29, 1.82) is 0 Å². The van der Waals surface area contributed by atoms with Crippen LogP contribution in [0.4, 0.5) is 0 Å². The van der Waals surface area contributed by atoms with E-state index in [-0.39, 0.29) is 0 Å². The van der Waals surface area contributed by atoms with Gasteiger partial charge < -0.3 is 10.1 Å². The number of hydrogen-bond acceptors (Lipinski definition) is 2. The quantitative estimate of drug-likeness (QED) is 0.568. The van der Waals surface area contributed by atoms with E-state index >= 15 is 0 Å². The highest BCUT2D eigenvalue weighted by atomic mass is 35.5. The molecule has 1 aromatic rings. The van der Waals surface area contributed by atoms with Crippen LogP contribution in [0, 0.1) is 0 Å². The van der Waals surface area contributed by atoms with Crippen LogP contribution in [0.2, 0.25) is 5.02 Å². The number of rotatable bonds is 8. The molecule has 0 bridgehead atoms. The summed E-state index contributed by atoms with van der Waals surface area (Å²) < 4.78 is 5.46. The summed E-state index contributed by atoms with van der Waals surface area (Å²) in [5, 5.41) is 4.26. The zero-order valence-corrected chi connectivity index (χ0v) is 12.0. The molecule has 0 aliphatic rings. The van der Waals surface area contributed by atoms with Crippen molar-refractivity contribution in [3.8, 4) is 0 Å². The first kappa shape index (κ1) is 15.2. The lowest BCUT2D eigenvalue weighted by Gasteiger charge is -2.17. The lowest BCUT2D eigenvalue weighted by molar-refractivity contribution is 0.155. The third-order valence-corrected chi connectivity index (χ3v) is 2.88. The van der Waals surface area contributed by atoms with Crippen molar-refractivity contribution in [3.63, 3.8) is 0 Å². The maximum atomic E-state index is 6.00. The Morgan fingerprint density at radius 3 is 2.89 bits per heavy atom. The average molecular weight is 268 g/mol. The van der Waals surface area contributed by atoms with Gasteiger partial charge in [0.2, 0.25) is 0 Å². The Hall–Kier alpha value is -0.830. The lowest BCUT2D eigenvalue weighted by Crippen LogP contribution is -2.25. The highest BCUT2D eigenvalue weighted by molar-refractivity contribution is 6.30. The Balaban J connectivity index is 2.36. The van der Waals surface area contributed by atoms with Crippen molar-refractivity contribution in [1.82, 2.24) is 5.32 Å². The molecule has 1 rings (SSSR count). The molecule has 1 aromatic carbocycles. The van der Waals surface area contributed by atoms with Crippen LogP contribution in [-0.2, 0) is 4.74 Å². The molecular weight excluding hydrogens is 246 g/mol. The summed E-state index contributed by atoms with van der Waals surface area (Å²) in [6, 6.07) is 8.32. The van der Waals surface area contributed by atoms with Gasteiger partial charge >= 0.3 is 0 Å². The first-order chi connectivity index (χ1) is 8.63. The van der Waals surface area contributed by atoms with Crippen LogP contribution in [-0.4, -0.2) is 19.8 Å². The van der Waals surface area contributed by atoms with Crippen LogP contribution in [0.3, 0.4) is 0 Å². The standard InChI is InChI=1S/C15H22ClNO/c1-4-15(13-6-5-7-14(16)10-13)17-8-9-18-11-12(2)3/h5-7,10,15,17H,2,4,8-9,11H2,1,3H3. The Kier molecular flexibility index (Phi) is 7.02. The summed E-state index contributed by atoms with van der Waals surface area (Å²) >= 11 is 6.00. The second kappa shape index (κ2) is 8.30. The van der Waals surface area contributed by atoms with Gasteiger partial charge in [0.25, 0.3) is 0 Å². The molecule has 1 unspecified atom stereocenters. The molecule has 0 saturated carbocycles. The summed E-state index contributed by atoms with van der Waals surface area (Å²) in [6.45, 7) is 10.1. The highest BCUT2D eigenvalue weighted by Gasteiger charge is 2.08. The molecule has 0 radical (unpaired) electrons. The highest BCUT2D eigenvalue weighted by Crippen LogP contribution is 2.19. The lowest BCUT2D eigenvalue weighted by atomic mass is 10.0. The molecular formula is C15H22ClNO. The number of benzene rings is 1. The monoisotopic (exact) mass is 267 g/mol. The van der Waals surface area contributed by atoms with Gasteiger partial charge in [-0.2, -0.15) is 0 Å². The van der Waals surface area contributed by atoms with Gasteiger partial charge in [-0.05, 0) is 31.0 Å².